The smallest absolute Gasteiger partial charge is 0.293 e. The third-order valence-corrected chi connectivity index (χ3v) is 5.97. The molecular formula is C23H21N3O3S. The van der Waals surface area contributed by atoms with Crippen molar-refractivity contribution in [1.82, 2.24) is 9.47 Å². The molecule has 3 aromatic rings. The molecule has 30 heavy (non-hydrogen) atoms. The van der Waals surface area contributed by atoms with Gasteiger partial charge in [0.15, 0.2) is 0 Å². The fourth-order valence-corrected chi connectivity index (χ4v) is 4.53. The van der Waals surface area contributed by atoms with Gasteiger partial charge in [-0.3, -0.25) is 19.3 Å². The third kappa shape index (κ3) is 3.76. The normalized spacial score (nSPS) is 15.5. The molecule has 0 unspecified atom stereocenters. The van der Waals surface area contributed by atoms with Gasteiger partial charge >= 0.3 is 0 Å². The van der Waals surface area contributed by atoms with Gasteiger partial charge in [0, 0.05) is 17.1 Å². The van der Waals surface area contributed by atoms with Crippen LogP contribution in [0.5, 0.6) is 0 Å². The fraction of sp³-hybridized carbons (Fsp3) is 0.174. The van der Waals surface area contributed by atoms with Gasteiger partial charge in [-0.2, -0.15) is 0 Å². The van der Waals surface area contributed by atoms with E-state index in [1.54, 1.807) is 6.08 Å². The standard InChI is InChI=1S/C23H21N3O3S/c1-2-16-9-6-10-18-17(13-25(21(16)18)14-20(24)27)11-19-22(28)26(23(29)30-19)12-15-7-4-3-5-8-15/h3-11,13H,2,12,14H2,1H3,(H2,24,27)/b19-11-. The molecule has 0 atom stereocenters. The lowest BCUT2D eigenvalue weighted by molar-refractivity contribution is -0.123. The molecule has 2 heterocycles. The number of thioether (sulfide) groups is 1. The van der Waals surface area contributed by atoms with Crippen molar-refractivity contribution >= 4 is 45.8 Å². The molecule has 0 radical (unpaired) electrons. The highest BCUT2D eigenvalue weighted by atomic mass is 32.2. The van der Waals surface area contributed by atoms with Crippen LogP contribution in [0.1, 0.15) is 23.6 Å². The van der Waals surface area contributed by atoms with Gasteiger partial charge in [-0.05, 0) is 35.4 Å². The number of primary amides is 1. The second-order valence-electron chi connectivity index (χ2n) is 7.10. The number of aryl methyl sites for hydroxylation is 1. The number of carbonyl (C=O) groups excluding carboxylic acids is 3. The van der Waals surface area contributed by atoms with E-state index in [0.29, 0.717) is 4.91 Å². The number of carbonyl (C=O) groups is 3. The van der Waals surface area contributed by atoms with E-state index >= 15 is 0 Å². The molecule has 1 aliphatic rings. The van der Waals surface area contributed by atoms with Gasteiger partial charge in [0.25, 0.3) is 11.1 Å². The van der Waals surface area contributed by atoms with Crippen LogP contribution in [0.25, 0.3) is 17.0 Å². The first kappa shape index (κ1) is 20.0. The van der Waals surface area contributed by atoms with Gasteiger partial charge in [0.1, 0.15) is 6.54 Å². The predicted octanol–water partition coefficient (Wildman–Crippen LogP) is 3.93. The van der Waals surface area contributed by atoms with E-state index < -0.39 is 5.91 Å². The van der Waals surface area contributed by atoms with Crippen LogP contribution in [-0.2, 0) is 29.1 Å². The Kier molecular flexibility index (Phi) is 5.46. The lowest BCUT2D eigenvalue weighted by Gasteiger charge is -2.12. The fourth-order valence-electron chi connectivity index (χ4n) is 3.70. The highest BCUT2D eigenvalue weighted by molar-refractivity contribution is 8.18. The molecule has 7 heteroatoms. The van der Waals surface area contributed by atoms with Crippen LogP contribution in [-0.4, -0.2) is 26.5 Å². The van der Waals surface area contributed by atoms with Crippen LogP contribution in [0.4, 0.5) is 4.79 Å². The lowest BCUT2D eigenvalue weighted by atomic mass is 10.1. The number of nitrogens with two attached hydrogens (primary N) is 1. The summed E-state index contributed by atoms with van der Waals surface area (Å²) in [7, 11) is 0. The number of nitrogens with zero attached hydrogens (tertiary/aromatic N) is 2. The number of fused-ring (bicyclic) bond motifs is 1. The van der Waals surface area contributed by atoms with Gasteiger partial charge in [0.2, 0.25) is 5.91 Å². The third-order valence-electron chi connectivity index (χ3n) is 5.06. The zero-order valence-electron chi connectivity index (χ0n) is 16.5. The average molecular weight is 420 g/mol. The van der Waals surface area contributed by atoms with E-state index in [1.807, 2.05) is 66.2 Å². The maximum atomic E-state index is 12.9. The van der Waals surface area contributed by atoms with Crippen molar-refractivity contribution < 1.29 is 14.4 Å². The summed E-state index contributed by atoms with van der Waals surface area (Å²) in [6.07, 6.45) is 4.35. The molecule has 1 saturated heterocycles. The first-order valence-corrected chi connectivity index (χ1v) is 10.5. The molecule has 0 bridgehead atoms. The maximum absolute atomic E-state index is 12.9. The molecule has 1 aliphatic heterocycles. The van der Waals surface area contributed by atoms with Crippen molar-refractivity contribution in [2.24, 2.45) is 5.73 Å². The molecule has 0 aliphatic carbocycles. The number of hydrogen-bond donors (Lipinski definition) is 1. The molecule has 1 aromatic heterocycles. The molecule has 0 spiro atoms. The molecule has 3 amide bonds. The summed E-state index contributed by atoms with van der Waals surface area (Å²) in [5.41, 5.74) is 9.12. The summed E-state index contributed by atoms with van der Waals surface area (Å²) in [5, 5.41) is 0.635. The van der Waals surface area contributed by atoms with E-state index in [2.05, 4.69) is 0 Å². The minimum Gasteiger partial charge on any atom is -0.368 e. The van der Waals surface area contributed by atoms with Crippen LogP contribution < -0.4 is 5.73 Å². The van der Waals surface area contributed by atoms with E-state index in [1.165, 1.54) is 4.90 Å². The maximum Gasteiger partial charge on any atom is 0.293 e. The van der Waals surface area contributed by atoms with Gasteiger partial charge in [-0.1, -0.05) is 55.5 Å². The molecule has 6 nitrogen and oxygen atoms in total. The summed E-state index contributed by atoms with van der Waals surface area (Å²) in [5.74, 6) is -0.746. The Balaban J connectivity index is 1.72. The van der Waals surface area contributed by atoms with Gasteiger partial charge in [-0.15, -0.1) is 0 Å². The highest BCUT2D eigenvalue weighted by Gasteiger charge is 2.35. The van der Waals surface area contributed by atoms with E-state index in [-0.39, 0.29) is 24.2 Å². The van der Waals surface area contributed by atoms with Crippen molar-refractivity contribution in [3.05, 3.63) is 76.3 Å². The Bertz CT molecular complexity index is 1180. The number of amides is 3. The molecule has 2 aromatic carbocycles. The van der Waals surface area contributed by atoms with E-state index in [9.17, 15) is 14.4 Å². The Morgan fingerprint density at radius 3 is 2.57 bits per heavy atom. The Morgan fingerprint density at radius 1 is 1.10 bits per heavy atom. The number of aromatic nitrogens is 1. The van der Waals surface area contributed by atoms with E-state index in [4.69, 9.17) is 5.73 Å². The molecule has 152 valence electrons. The van der Waals surface area contributed by atoms with Crippen LogP contribution in [0, 0.1) is 0 Å². The molecule has 0 saturated carbocycles. The number of rotatable bonds is 6. The number of para-hydroxylation sites is 1. The van der Waals surface area contributed by atoms with Crippen molar-refractivity contribution in [1.29, 1.82) is 0 Å². The zero-order valence-corrected chi connectivity index (χ0v) is 17.3. The van der Waals surface area contributed by atoms with Crippen LogP contribution in [0.3, 0.4) is 0 Å². The summed E-state index contributed by atoms with van der Waals surface area (Å²) in [6.45, 7) is 2.34. The Labute approximate surface area is 178 Å². The quantitative estimate of drug-likeness (QED) is 0.614. The predicted molar refractivity (Wildman–Crippen MR) is 118 cm³/mol. The lowest BCUT2D eigenvalue weighted by Crippen LogP contribution is -2.27. The summed E-state index contributed by atoms with van der Waals surface area (Å²) < 4.78 is 1.82. The zero-order chi connectivity index (χ0) is 21.3. The van der Waals surface area contributed by atoms with Gasteiger partial charge in [0.05, 0.1) is 17.0 Å². The van der Waals surface area contributed by atoms with Crippen LogP contribution in [0.2, 0.25) is 0 Å². The number of imide groups is 1. The van der Waals surface area contributed by atoms with Crippen molar-refractivity contribution in [2.45, 2.75) is 26.4 Å². The van der Waals surface area contributed by atoms with Crippen molar-refractivity contribution in [2.75, 3.05) is 0 Å². The second kappa shape index (κ2) is 8.20. The SMILES string of the molecule is CCc1cccc2c(/C=C3\SC(=O)N(Cc4ccccc4)C3=O)cn(CC(N)=O)c12. The van der Waals surface area contributed by atoms with Crippen LogP contribution in [0.15, 0.2) is 59.6 Å². The van der Waals surface area contributed by atoms with E-state index in [0.717, 1.165) is 45.8 Å². The second-order valence-corrected chi connectivity index (χ2v) is 8.09. The monoisotopic (exact) mass is 419 g/mol. The average Bonchev–Trinajstić information content (AvgIpc) is 3.20. The summed E-state index contributed by atoms with van der Waals surface area (Å²) >= 11 is 0.935. The van der Waals surface area contributed by atoms with Gasteiger partial charge in [-0.25, -0.2) is 0 Å². The van der Waals surface area contributed by atoms with Crippen molar-refractivity contribution in [3.8, 4) is 0 Å². The van der Waals surface area contributed by atoms with Gasteiger partial charge < -0.3 is 10.3 Å². The first-order valence-electron chi connectivity index (χ1n) is 9.66. The molecule has 4 rings (SSSR count). The Morgan fingerprint density at radius 2 is 1.87 bits per heavy atom. The molecule has 2 N–H and O–H groups in total. The highest BCUT2D eigenvalue weighted by Crippen LogP contribution is 2.35. The minimum atomic E-state index is -0.437. The number of benzene rings is 2. The first-order chi connectivity index (χ1) is 14.5. The van der Waals surface area contributed by atoms with Crippen LogP contribution >= 0.6 is 11.8 Å². The largest absolute Gasteiger partial charge is 0.368 e. The Hall–Kier alpha value is -3.32. The summed E-state index contributed by atoms with van der Waals surface area (Å²) in [6, 6.07) is 15.3. The minimum absolute atomic E-state index is 0.0524. The molecule has 1 fully saturated rings. The number of hydrogen-bond acceptors (Lipinski definition) is 4. The molecular weight excluding hydrogens is 398 g/mol. The van der Waals surface area contributed by atoms with Crippen molar-refractivity contribution in [3.63, 3.8) is 0 Å². The topological polar surface area (TPSA) is 85.4 Å². The summed E-state index contributed by atoms with van der Waals surface area (Å²) in [4.78, 5) is 38.5.